The molecule has 1 fully saturated rings. The molecular weight excluding hydrogens is 330 g/mol. The first kappa shape index (κ1) is 16.5. The molecule has 2 N–H and O–H groups in total. The third-order valence-corrected chi connectivity index (χ3v) is 5.26. The number of carbonyl (C=O) groups is 1. The standard InChI is InChI=1S/C17H24BrNO2/c1-12(13-6-4-2-3-5-7-13)19-11-15-9-8-14(17(20)21)10-16(15)18/h8-10,12-13,19H,2-7,11H2,1H3,(H,20,21)/t12-/m0/s1. The van der Waals surface area contributed by atoms with E-state index in [1.165, 1.54) is 38.5 Å². The van der Waals surface area contributed by atoms with Crippen molar-refractivity contribution in [3.63, 3.8) is 0 Å². The molecule has 3 nitrogen and oxygen atoms in total. The van der Waals surface area contributed by atoms with Gasteiger partial charge in [-0.15, -0.1) is 0 Å². The first-order valence-corrected chi connectivity index (χ1v) is 8.62. The third kappa shape index (κ3) is 4.82. The van der Waals surface area contributed by atoms with Crippen molar-refractivity contribution < 1.29 is 9.90 Å². The van der Waals surface area contributed by atoms with Crippen LogP contribution in [0.3, 0.4) is 0 Å². The highest BCUT2D eigenvalue weighted by Crippen LogP contribution is 2.26. The fraction of sp³-hybridized carbons (Fsp3) is 0.588. The van der Waals surface area contributed by atoms with Crippen molar-refractivity contribution in [3.05, 3.63) is 33.8 Å². The number of carboxylic acid groups (broad SMARTS) is 1. The highest BCUT2D eigenvalue weighted by molar-refractivity contribution is 9.10. The van der Waals surface area contributed by atoms with Gasteiger partial charge in [0.1, 0.15) is 0 Å². The molecule has 0 aliphatic heterocycles. The number of hydrogen-bond acceptors (Lipinski definition) is 2. The zero-order chi connectivity index (χ0) is 15.2. The fourth-order valence-electron chi connectivity index (χ4n) is 3.07. The van der Waals surface area contributed by atoms with Crippen molar-refractivity contribution in [1.82, 2.24) is 5.32 Å². The van der Waals surface area contributed by atoms with Crippen LogP contribution in [0.1, 0.15) is 61.4 Å². The Bertz CT molecular complexity index is 482. The van der Waals surface area contributed by atoms with Crippen molar-refractivity contribution in [2.24, 2.45) is 5.92 Å². The van der Waals surface area contributed by atoms with E-state index in [2.05, 4.69) is 28.2 Å². The Morgan fingerprint density at radius 2 is 2.00 bits per heavy atom. The van der Waals surface area contributed by atoms with Crippen LogP contribution in [0, 0.1) is 5.92 Å². The second-order valence-corrected chi connectivity index (χ2v) is 6.89. The van der Waals surface area contributed by atoms with Crippen molar-refractivity contribution in [1.29, 1.82) is 0 Å². The Labute approximate surface area is 135 Å². The zero-order valence-electron chi connectivity index (χ0n) is 12.6. The van der Waals surface area contributed by atoms with E-state index < -0.39 is 5.97 Å². The Morgan fingerprint density at radius 1 is 1.33 bits per heavy atom. The minimum absolute atomic E-state index is 0.322. The first-order chi connectivity index (χ1) is 10.1. The van der Waals surface area contributed by atoms with Crippen LogP contribution in [0.5, 0.6) is 0 Å². The SMILES string of the molecule is C[C@H](NCc1ccc(C(=O)O)cc1Br)C1CCCCCC1. The third-order valence-electron chi connectivity index (χ3n) is 4.52. The van der Waals surface area contributed by atoms with Gasteiger partial charge >= 0.3 is 5.97 Å². The topological polar surface area (TPSA) is 49.3 Å². The summed E-state index contributed by atoms with van der Waals surface area (Å²) in [4.78, 5) is 10.9. The van der Waals surface area contributed by atoms with Crippen molar-refractivity contribution >= 4 is 21.9 Å². The summed E-state index contributed by atoms with van der Waals surface area (Å²) < 4.78 is 0.864. The number of carboxylic acids is 1. The van der Waals surface area contributed by atoms with Crippen molar-refractivity contribution in [2.45, 2.75) is 58.0 Å². The maximum atomic E-state index is 10.9. The van der Waals surface area contributed by atoms with E-state index in [-0.39, 0.29) is 0 Å². The molecule has 0 unspecified atom stereocenters. The van der Waals surface area contributed by atoms with E-state index >= 15 is 0 Å². The van der Waals surface area contributed by atoms with Crippen LogP contribution in [0.2, 0.25) is 0 Å². The van der Waals surface area contributed by atoms with Gasteiger partial charge in [-0.2, -0.15) is 0 Å². The molecule has 2 rings (SSSR count). The second kappa shape index (κ2) is 7.95. The number of aromatic carboxylic acids is 1. The molecular formula is C17H24BrNO2. The Morgan fingerprint density at radius 3 is 2.57 bits per heavy atom. The first-order valence-electron chi connectivity index (χ1n) is 7.83. The highest BCUT2D eigenvalue weighted by atomic mass is 79.9. The van der Waals surface area contributed by atoms with E-state index in [4.69, 9.17) is 5.11 Å². The van der Waals surface area contributed by atoms with E-state index in [0.29, 0.717) is 11.6 Å². The second-order valence-electron chi connectivity index (χ2n) is 6.03. The molecule has 1 aliphatic rings. The summed E-state index contributed by atoms with van der Waals surface area (Å²) in [6.45, 7) is 3.05. The van der Waals surface area contributed by atoms with Crippen LogP contribution >= 0.6 is 15.9 Å². The minimum atomic E-state index is -0.887. The smallest absolute Gasteiger partial charge is 0.335 e. The average Bonchev–Trinajstić information content (AvgIpc) is 2.74. The summed E-state index contributed by atoms with van der Waals surface area (Å²) >= 11 is 3.47. The van der Waals surface area contributed by atoms with Gasteiger partial charge < -0.3 is 10.4 Å². The van der Waals surface area contributed by atoms with Gasteiger partial charge in [-0.25, -0.2) is 4.79 Å². The average molecular weight is 354 g/mol. The minimum Gasteiger partial charge on any atom is -0.478 e. The molecule has 0 bridgehead atoms. The van der Waals surface area contributed by atoms with Gasteiger partial charge in [0.05, 0.1) is 5.56 Å². The maximum absolute atomic E-state index is 10.9. The molecule has 116 valence electrons. The van der Waals surface area contributed by atoms with Crippen molar-refractivity contribution in [3.8, 4) is 0 Å². The van der Waals surface area contributed by atoms with Gasteiger partial charge in [-0.05, 0) is 43.4 Å². The Kier molecular flexibility index (Phi) is 6.24. The molecule has 21 heavy (non-hydrogen) atoms. The number of rotatable bonds is 5. The van der Waals surface area contributed by atoms with Gasteiger partial charge in [0.2, 0.25) is 0 Å². The molecule has 0 saturated heterocycles. The molecule has 1 aliphatic carbocycles. The number of hydrogen-bond donors (Lipinski definition) is 2. The molecule has 1 saturated carbocycles. The highest BCUT2D eigenvalue weighted by Gasteiger charge is 2.18. The number of halogens is 1. The number of benzene rings is 1. The largest absolute Gasteiger partial charge is 0.478 e. The quantitative estimate of drug-likeness (QED) is 0.760. The molecule has 1 aromatic carbocycles. The van der Waals surface area contributed by atoms with Crippen LogP contribution in [-0.2, 0) is 6.54 Å². The van der Waals surface area contributed by atoms with Crippen LogP contribution in [0.4, 0.5) is 0 Å². The summed E-state index contributed by atoms with van der Waals surface area (Å²) in [5, 5.41) is 12.6. The predicted molar refractivity (Wildman–Crippen MR) is 88.6 cm³/mol. The molecule has 0 amide bonds. The van der Waals surface area contributed by atoms with Gasteiger partial charge in [0, 0.05) is 17.1 Å². The van der Waals surface area contributed by atoms with Crippen molar-refractivity contribution in [2.75, 3.05) is 0 Å². The van der Waals surface area contributed by atoms with E-state index in [1.54, 1.807) is 12.1 Å². The molecule has 4 heteroatoms. The van der Waals surface area contributed by atoms with E-state index in [1.807, 2.05) is 6.07 Å². The predicted octanol–water partition coefficient (Wildman–Crippen LogP) is 4.60. The van der Waals surface area contributed by atoms with Gasteiger partial charge in [-0.1, -0.05) is 47.7 Å². The van der Waals surface area contributed by atoms with Crippen LogP contribution in [0.25, 0.3) is 0 Å². The van der Waals surface area contributed by atoms with E-state index in [9.17, 15) is 4.79 Å². The van der Waals surface area contributed by atoms with E-state index in [0.717, 1.165) is 22.5 Å². The van der Waals surface area contributed by atoms with Crippen LogP contribution in [-0.4, -0.2) is 17.1 Å². The lowest BCUT2D eigenvalue weighted by atomic mass is 9.93. The lowest BCUT2D eigenvalue weighted by Crippen LogP contribution is -2.33. The zero-order valence-corrected chi connectivity index (χ0v) is 14.2. The van der Waals surface area contributed by atoms with Crippen LogP contribution in [0.15, 0.2) is 22.7 Å². The molecule has 0 spiro atoms. The molecule has 0 aromatic heterocycles. The van der Waals surface area contributed by atoms with Gasteiger partial charge in [-0.3, -0.25) is 0 Å². The lowest BCUT2D eigenvalue weighted by molar-refractivity contribution is 0.0697. The Hall–Kier alpha value is -0.870. The lowest BCUT2D eigenvalue weighted by Gasteiger charge is -2.24. The molecule has 0 radical (unpaired) electrons. The normalized spacial score (nSPS) is 18.2. The number of nitrogens with one attached hydrogen (secondary N) is 1. The Balaban J connectivity index is 1.91. The van der Waals surface area contributed by atoms with Crippen LogP contribution < -0.4 is 5.32 Å². The summed E-state index contributed by atoms with van der Waals surface area (Å²) in [5.74, 6) is -0.119. The maximum Gasteiger partial charge on any atom is 0.335 e. The van der Waals surface area contributed by atoms with Gasteiger partial charge in [0.25, 0.3) is 0 Å². The summed E-state index contributed by atoms with van der Waals surface area (Å²) in [6.07, 6.45) is 8.12. The summed E-state index contributed by atoms with van der Waals surface area (Å²) in [6, 6.07) is 5.74. The summed E-state index contributed by atoms with van der Waals surface area (Å²) in [7, 11) is 0. The molecule has 1 atom stereocenters. The monoisotopic (exact) mass is 353 g/mol. The summed E-state index contributed by atoms with van der Waals surface area (Å²) in [5.41, 5.74) is 1.43. The molecule has 0 heterocycles. The molecule has 1 aromatic rings. The fourth-order valence-corrected chi connectivity index (χ4v) is 3.59. The van der Waals surface area contributed by atoms with Gasteiger partial charge in [0.15, 0.2) is 0 Å².